The summed E-state index contributed by atoms with van der Waals surface area (Å²) in [5.41, 5.74) is 0.526. The first-order chi connectivity index (χ1) is 8.29. The number of aryl methyl sites for hydroxylation is 1. The minimum atomic E-state index is -0.321. The van der Waals surface area contributed by atoms with Crippen LogP contribution >= 0.6 is 0 Å². The molecule has 0 spiro atoms. The van der Waals surface area contributed by atoms with Gasteiger partial charge in [0.05, 0.1) is 18.9 Å². The molecule has 1 saturated heterocycles. The molecule has 1 N–H and O–H groups in total. The lowest BCUT2D eigenvalue weighted by Gasteiger charge is -2.22. The Kier molecular flexibility index (Phi) is 4.14. The van der Waals surface area contributed by atoms with E-state index in [1.807, 2.05) is 4.68 Å². The third-order valence-corrected chi connectivity index (χ3v) is 3.28. The second-order valence-corrected chi connectivity index (χ2v) is 4.47. The maximum Gasteiger partial charge on any atom is 0.341 e. The number of hydrogen-bond donors (Lipinski definition) is 1. The third kappa shape index (κ3) is 3.30. The van der Waals surface area contributed by atoms with Crippen LogP contribution in [0.4, 0.5) is 0 Å². The lowest BCUT2D eigenvalue weighted by molar-refractivity contribution is 0.0600. The van der Waals surface area contributed by atoms with Gasteiger partial charge in [0.15, 0.2) is 0 Å². The van der Waals surface area contributed by atoms with Gasteiger partial charge in [-0.2, -0.15) is 5.10 Å². The molecular formula is C12H19N3O2. The summed E-state index contributed by atoms with van der Waals surface area (Å²) >= 11 is 0. The molecule has 0 atom stereocenters. The van der Waals surface area contributed by atoms with Gasteiger partial charge in [-0.15, -0.1) is 0 Å². The standard InChI is InChI=1S/C12H19N3O2/c1-17-12(16)11-8-14-15(9-11)7-4-10-2-5-13-6-3-10/h8-10,13H,2-7H2,1H3. The molecule has 2 heterocycles. The number of methoxy groups -OCH3 is 1. The Morgan fingerprint density at radius 2 is 2.35 bits per heavy atom. The van der Waals surface area contributed by atoms with E-state index in [1.54, 1.807) is 12.4 Å². The van der Waals surface area contributed by atoms with Gasteiger partial charge in [0.2, 0.25) is 0 Å². The zero-order valence-electron chi connectivity index (χ0n) is 10.2. The summed E-state index contributed by atoms with van der Waals surface area (Å²) < 4.78 is 6.47. The quantitative estimate of drug-likeness (QED) is 0.796. The fourth-order valence-corrected chi connectivity index (χ4v) is 2.19. The molecule has 5 nitrogen and oxygen atoms in total. The third-order valence-electron chi connectivity index (χ3n) is 3.28. The van der Waals surface area contributed by atoms with Gasteiger partial charge in [-0.25, -0.2) is 4.79 Å². The van der Waals surface area contributed by atoms with Gasteiger partial charge in [-0.05, 0) is 38.3 Å². The summed E-state index contributed by atoms with van der Waals surface area (Å²) in [6.45, 7) is 3.12. The highest BCUT2D eigenvalue weighted by atomic mass is 16.5. The summed E-state index contributed by atoms with van der Waals surface area (Å²) in [5, 5.41) is 7.53. The monoisotopic (exact) mass is 237 g/mol. The van der Waals surface area contributed by atoms with Crippen LogP contribution < -0.4 is 5.32 Å². The van der Waals surface area contributed by atoms with Crippen LogP contribution in [0.5, 0.6) is 0 Å². The Hall–Kier alpha value is -1.36. The molecule has 1 aliphatic heterocycles. The van der Waals surface area contributed by atoms with E-state index < -0.39 is 0 Å². The number of piperidine rings is 1. The molecule has 94 valence electrons. The second-order valence-electron chi connectivity index (χ2n) is 4.47. The average molecular weight is 237 g/mol. The van der Waals surface area contributed by atoms with Gasteiger partial charge < -0.3 is 10.1 Å². The van der Waals surface area contributed by atoms with Crippen LogP contribution in [0.25, 0.3) is 0 Å². The van der Waals surface area contributed by atoms with Crippen molar-refractivity contribution in [2.45, 2.75) is 25.8 Å². The summed E-state index contributed by atoms with van der Waals surface area (Å²) in [5.74, 6) is 0.458. The van der Waals surface area contributed by atoms with Gasteiger partial charge in [-0.3, -0.25) is 4.68 Å². The number of ether oxygens (including phenoxy) is 1. The fraction of sp³-hybridized carbons (Fsp3) is 0.667. The molecule has 0 aromatic carbocycles. The van der Waals surface area contributed by atoms with Crippen LogP contribution in [0, 0.1) is 5.92 Å². The largest absolute Gasteiger partial charge is 0.465 e. The molecule has 1 aliphatic rings. The lowest BCUT2D eigenvalue weighted by Crippen LogP contribution is -2.28. The van der Waals surface area contributed by atoms with Crippen molar-refractivity contribution in [2.24, 2.45) is 5.92 Å². The van der Waals surface area contributed by atoms with Crippen LogP contribution in [-0.4, -0.2) is 35.9 Å². The Balaban J connectivity index is 1.82. The minimum Gasteiger partial charge on any atom is -0.465 e. The van der Waals surface area contributed by atoms with Crippen molar-refractivity contribution in [3.8, 4) is 0 Å². The van der Waals surface area contributed by atoms with E-state index in [0.29, 0.717) is 5.56 Å². The predicted molar refractivity (Wildman–Crippen MR) is 63.8 cm³/mol. The van der Waals surface area contributed by atoms with Crippen molar-refractivity contribution in [3.63, 3.8) is 0 Å². The molecule has 0 unspecified atom stereocenters. The summed E-state index contributed by atoms with van der Waals surface area (Å²) in [7, 11) is 1.38. The number of esters is 1. The molecule has 0 bridgehead atoms. The molecule has 5 heteroatoms. The molecular weight excluding hydrogens is 218 g/mol. The summed E-state index contributed by atoms with van der Waals surface area (Å²) in [4.78, 5) is 11.2. The number of nitrogens with one attached hydrogen (secondary N) is 1. The van der Waals surface area contributed by atoms with Crippen molar-refractivity contribution in [3.05, 3.63) is 18.0 Å². The maximum atomic E-state index is 11.2. The van der Waals surface area contributed by atoms with Crippen LogP contribution in [0.15, 0.2) is 12.4 Å². The fourth-order valence-electron chi connectivity index (χ4n) is 2.19. The Morgan fingerprint density at radius 1 is 1.59 bits per heavy atom. The Bertz CT molecular complexity index is 370. The first-order valence-corrected chi connectivity index (χ1v) is 6.11. The summed E-state index contributed by atoms with van der Waals surface area (Å²) in [6, 6.07) is 0. The first kappa shape index (κ1) is 12.1. The summed E-state index contributed by atoms with van der Waals surface area (Å²) in [6.07, 6.45) is 6.93. The first-order valence-electron chi connectivity index (χ1n) is 6.11. The maximum absolute atomic E-state index is 11.2. The smallest absolute Gasteiger partial charge is 0.341 e. The van der Waals surface area contributed by atoms with Gasteiger partial charge in [0.1, 0.15) is 0 Å². The average Bonchev–Trinajstić information content (AvgIpc) is 2.85. The Morgan fingerprint density at radius 3 is 3.06 bits per heavy atom. The van der Waals surface area contributed by atoms with Crippen LogP contribution in [0.1, 0.15) is 29.6 Å². The van der Waals surface area contributed by atoms with E-state index in [2.05, 4.69) is 15.2 Å². The van der Waals surface area contributed by atoms with Crippen molar-refractivity contribution < 1.29 is 9.53 Å². The molecule has 0 amide bonds. The molecule has 1 aromatic rings. The van der Waals surface area contributed by atoms with Crippen LogP contribution in [0.2, 0.25) is 0 Å². The topological polar surface area (TPSA) is 56.1 Å². The zero-order valence-corrected chi connectivity index (χ0v) is 10.2. The molecule has 1 aromatic heterocycles. The number of carbonyl (C=O) groups excluding carboxylic acids is 1. The van der Waals surface area contributed by atoms with Gasteiger partial charge in [0, 0.05) is 12.7 Å². The van der Waals surface area contributed by atoms with E-state index >= 15 is 0 Å². The normalized spacial score (nSPS) is 17.0. The highest BCUT2D eigenvalue weighted by molar-refractivity contribution is 5.88. The van der Waals surface area contributed by atoms with Crippen molar-refractivity contribution in [1.82, 2.24) is 15.1 Å². The number of rotatable bonds is 4. The number of carbonyl (C=O) groups is 1. The predicted octanol–water partition coefficient (Wildman–Crippen LogP) is 1.06. The lowest BCUT2D eigenvalue weighted by atomic mass is 9.95. The van der Waals surface area contributed by atoms with Crippen molar-refractivity contribution >= 4 is 5.97 Å². The van der Waals surface area contributed by atoms with Crippen LogP contribution in [0.3, 0.4) is 0 Å². The van der Waals surface area contributed by atoms with Gasteiger partial charge in [-0.1, -0.05) is 0 Å². The highest BCUT2D eigenvalue weighted by Gasteiger charge is 2.13. The van der Waals surface area contributed by atoms with E-state index in [1.165, 1.54) is 20.0 Å². The molecule has 0 saturated carbocycles. The Labute approximate surface area is 101 Å². The van der Waals surface area contributed by atoms with Crippen LogP contribution in [-0.2, 0) is 11.3 Å². The van der Waals surface area contributed by atoms with Gasteiger partial charge in [0.25, 0.3) is 0 Å². The van der Waals surface area contributed by atoms with Crippen molar-refractivity contribution in [2.75, 3.05) is 20.2 Å². The molecule has 0 radical (unpaired) electrons. The SMILES string of the molecule is COC(=O)c1cnn(CCC2CCNCC2)c1. The zero-order chi connectivity index (χ0) is 12.1. The number of hydrogen-bond acceptors (Lipinski definition) is 4. The second kappa shape index (κ2) is 5.82. The van der Waals surface area contributed by atoms with E-state index in [9.17, 15) is 4.79 Å². The van der Waals surface area contributed by atoms with E-state index in [4.69, 9.17) is 0 Å². The minimum absolute atomic E-state index is 0.321. The molecule has 17 heavy (non-hydrogen) atoms. The number of aromatic nitrogens is 2. The number of nitrogens with zero attached hydrogens (tertiary/aromatic N) is 2. The molecule has 0 aliphatic carbocycles. The highest BCUT2D eigenvalue weighted by Crippen LogP contribution is 2.16. The molecule has 2 rings (SSSR count). The van der Waals surface area contributed by atoms with Gasteiger partial charge >= 0.3 is 5.97 Å². The molecule has 1 fully saturated rings. The van der Waals surface area contributed by atoms with Crippen molar-refractivity contribution in [1.29, 1.82) is 0 Å². The van der Waals surface area contributed by atoms with E-state index in [0.717, 1.165) is 32.0 Å². The van der Waals surface area contributed by atoms with E-state index in [-0.39, 0.29) is 5.97 Å².